The van der Waals surface area contributed by atoms with Gasteiger partial charge in [-0.3, -0.25) is 4.79 Å². The molecule has 112 valence electrons. The Morgan fingerprint density at radius 3 is 2.86 bits per heavy atom. The number of imidazole rings is 1. The van der Waals surface area contributed by atoms with Gasteiger partial charge in [0.1, 0.15) is 0 Å². The predicted octanol–water partition coefficient (Wildman–Crippen LogP) is 1.66. The third-order valence-corrected chi connectivity index (χ3v) is 3.99. The number of H-pyrrole nitrogens is 1. The lowest BCUT2D eigenvalue weighted by Crippen LogP contribution is -2.27. The number of rotatable bonds is 6. The van der Waals surface area contributed by atoms with Crippen LogP contribution in [0.1, 0.15) is 51.4 Å². The van der Waals surface area contributed by atoms with Crippen LogP contribution < -0.4 is 5.32 Å². The highest BCUT2D eigenvalue weighted by atomic mass is 32.1. The van der Waals surface area contributed by atoms with Crippen LogP contribution in [-0.4, -0.2) is 38.5 Å². The second-order valence-corrected chi connectivity index (χ2v) is 5.66. The standard InChI is InChI=1S/C13H16N4O3S/c1-7(2)12-17-8(5-21-12)3-4-14-11(18)9-10(13(19)20)16-6-15-9/h5-7H,3-4H2,1-2H3,(H,14,18)(H,15,16)(H,19,20). The van der Waals surface area contributed by atoms with Crippen molar-refractivity contribution in [1.29, 1.82) is 0 Å². The van der Waals surface area contributed by atoms with Crippen LogP contribution in [0, 0.1) is 0 Å². The zero-order chi connectivity index (χ0) is 15.4. The van der Waals surface area contributed by atoms with Gasteiger partial charge in [0.2, 0.25) is 0 Å². The van der Waals surface area contributed by atoms with Crippen molar-refractivity contribution in [2.75, 3.05) is 6.54 Å². The molecule has 8 heteroatoms. The van der Waals surface area contributed by atoms with E-state index in [2.05, 4.69) is 34.1 Å². The number of carboxylic acid groups (broad SMARTS) is 1. The normalized spacial score (nSPS) is 10.8. The van der Waals surface area contributed by atoms with Gasteiger partial charge in [0.05, 0.1) is 17.0 Å². The summed E-state index contributed by atoms with van der Waals surface area (Å²) in [7, 11) is 0. The second-order valence-electron chi connectivity index (χ2n) is 4.77. The molecule has 0 aliphatic rings. The number of aromatic carboxylic acids is 1. The van der Waals surface area contributed by atoms with Gasteiger partial charge in [0, 0.05) is 24.3 Å². The van der Waals surface area contributed by atoms with Gasteiger partial charge in [-0.05, 0) is 0 Å². The smallest absolute Gasteiger partial charge is 0.354 e. The molecule has 0 bridgehead atoms. The van der Waals surface area contributed by atoms with Crippen LogP contribution in [0.25, 0.3) is 0 Å². The van der Waals surface area contributed by atoms with Gasteiger partial charge in [0.25, 0.3) is 5.91 Å². The van der Waals surface area contributed by atoms with Crippen molar-refractivity contribution in [3.05, 3.63) is 33.8 Å². The van der Waals surface area contributed by atoms with E-state index >= 15 is 0 Å². The minimum Gasteiger partial charge on any atom is -0.477 e. The molecule has 21 heavy (non-hydrogen) atoms. The SMILES string of the molecule is CC(C)c1nc(CCNC(=O)c2nc[nH]c2C(=O)O)cs1. The molecule has 2 heterocycles. The van der Waals surface area contributed by atoms with Crippen molar-refractivity contribution in [3.63, 3.8) is 0 Å². The summed E-state index contributed by atoms with van der Waals surface area (Å²) >= 11 is 1.60. The Hall–Kier alpha value is -2.22. The molecule has 0 aliphatic carbocycles. The number of carbonyl (C=O) groups excluding carboxylic acids is 1. The van der Waals surface area contributed by atoms with Gasteiger partial charge < -0.3 is 15.4 Å². The summed E-state index contributed by atoms with van der Waals surface area (Å²) in [5.74, 6) is -1.33. The molecule has 0 unspecified atom stereocenters. The molecule has 2 aromatic rings. The Bertz CT molecular complexity index is 647. The Balaban J connectivity index is 1.89. The minimum absolute atomic E-state index is 0.108. The van der Waals surface area contributed by atoms with E-state index in [1.54, 1.807) is 11.3 Å². The number of hydrogen-bond acceptors (Lipinski definition) is 5. The first-order valence-corrected chi connectivity index (χ1v) is 7.36. The monoisotopic (exact) mass is 308 g/mol. The number of aromatic nitrogens is 3. The third kappa shape index (κ3) is 3.66. The number of aromatic amines is 1. The van der Waals surface area contributed by atoms with E-state index in [0.29, 0.717) is 18.9 Å². The number of nitrogens with zero attached hydrogens (tertiary/aromatic N) is 2. The van der Waals surface area contributed by atoms with E-state index in [4.69, 9.17) is 5.11 Å². The molecule has 0 aromatic carbocycles. The maximum Gasteiger partial charge on any atom is 0.354 e. The van der Waals surface area contributed by atoms with Crippen molar-refractivity contribution in [2.45, 2.75) is 26.2 Å². The number of carboxylic acids is 1. The van der Waals surface area contributed by atoms with Crippen molar-refractivity contribution < 1.29 is 14.7 Å². The molecule has 0 atom stereocenters. The molecule has 0 radical (unpaired) electrons. The first-order chi connectivity index (χ1) is 9.99. The summed E-state index contributed by atoms with van der Waals surface area (Å²) in [4.78, 5) is 33.4. The average molecular weight is 308 g/mol. The van der Waals surface area contributed by atoms with Crippen LogP contribution in [0.4, 0.5) is 0 Å². The third-order valence-electron chi connectivity index (χ3n) is 2.80. The molecule has 0 saturated heterocycles. The average Bonchev–Trinajstić information content (AvgIpc) is 3.07. The Labute approximate surface area is 125 Å². The highest BCUT2D eigenvalue weighted by Gasteiger charge is 2.19. The molecule has 0 saturated carbocycles. The number of amides is 1. The lowest BCUT2D eigenvalue weighted by Gasteiger charge is -2.02. The fraction of sp³-hybridized carbons (Fsp3) is 0.385. The van der Waals surface area contributed by atoms with Crippen molar-refractivity contribution in [3.8, 4) is 0 Å². The molecule has 0 fully saturated rings. The second kappa shape index (κ2) is 6.49. The van der Waals surface area contributed by atoms with Crippen LogP contribution in [0.5, 0.6) is 0 Å². The van der Waals surface area contributed by atoms with Crippen molar-refractivity contribution in [1.82, 2.24) is 20.3 Å². The number of hydrogen-bond donors (Lipinski definition) is 3. The first kappa shape index (κ1) is 15.2. The molecule has 1 amide bonds. The van der Waals surface area contributed by atoms with E-state index in [-0.39, 0.29) is 11.4 Å². The molecule has 7 nitrogen and oxygen atoms in total. The summed E-state index contributed by atoms with van der Waals surface area (Å²) in [5.41, 5.74) is 0.608. The fourth-order valence-corrected chi connectivity index (χ4v) is 2.59. The van der Waals surface area contributed by atoms with Gasteiger partial charge in [-0.2, -0.15) is 0 Å². The van der Waals surface area contributed by atoms with E-state index in [0.717, 1.165) is 10.7 Å². The maximum absolute atomic E-state index is 11.9. The zero-order valence-electron chi connectivity index (χ0n) is 11.7. The first-order valence-electron chi connectivity index (χ1n) is 6.48. The van der Waals surface area contributed by atoms with E-state index in [1.165, 1.54) is 6.33 Å². The van der Waals surface area contributed by atoms with Crippen LogP contribution >= 0.6 is 11.3 Å². The predicted molar refractivity (Wildman–Crippen MR) is 77.8 cm³/mol. The Morgan fingerprint density at radius 2 is 2.24 bits per heavy atom. The van der Waals surface area contributed by atoms with E-state index < -0.39 is 11.9 Å². The van der Waals surface area contributed by atoms with Crippen LogP contribution in [0.2, 0.25) is 0 Å². The van der Waals surface area contributed by atoms with Gasteiger partial charge in [0.15, 0.2) is 11.4 Å². The quantitative estimate of drug-likeness (QED) is 0.752. The number of carbonyl (C=O) groups is 2. The Kier molecular flexibility index (Phi) is 4.69. The van der Waals surface area contributed by atoms with Crippen LogP contribution in [-0.2, 0) is 6.42 Å². The molecule has 0 spiro atoms. The topological polar surface area (TPSA) is 108 Å². The molecule has 3 N–H and O–H groups in total. The molecule has 2 aromatic heterocycles. The summed E-state index contributed by atoms with van der Waals surface area (Å²) in [6.07, 6.45) is 1.79. The Morgan fingerprint density at radius 1 is 1.48 bits per heavy atom. The molecule has 2 rings (SSSR count). The number of nitrogens with one attached hydrogen (secondary N) is 2. The number of thiazole rings is 1. The lowest BCUT2D eigenvalue weighted by molar-refractivity contribution is 0.0685. The summed E-state index contributed by atoms with van der Waals surface area (Å²) < 4.78 is 0. The highest BCUT2D eigenvalue weighted by molar-refractivity contribution is 7.09. The maximum atomic E-state index is 11.9. The highest BCUT2D eigenvalue weighted by Crippen LogP contribution is 2.19. The lowest BCUT2D eigenvalue weighted by atomic mass is 10.2. The summed E-state index contributed by atoms with van der Waals surface area (Å²) in [6, 6.07) is 0. The van der Waals surface area contributed by atoms with Crippen molar-refractivity contribution >= 4 is 23.2 Å². The molecular weight excluding hydrogens is 292 g/mol. The van der Waals surface area contributed by atoms with Gasteiger partial charge >= 0.3 is 5.97 Å². The molecular formula is C13H16N4O3S. The molecule has 0 aliphatic heterocycles. The summed E-state index contributed by atoms with van der Waals surface area (Å²) in [5, 5.41) is 14.6. The zero-order valence-corrected chi connectivity index (χ0v) is 12.5. The summed E-state index contributed by atoms with van der Waals surface area (Å²) in [6.45, 7) is 4.54. The van der Waals surface area contributed by atoms with Crippen LogP contribution in [0.3, 0.4) is 0 Å². The van der Waals surface area contributed by atoms with Gasteiger partial charge in [-0.25, -0.2) is 14.8 Å². The largest absolute Gasteiger partial charge is 0.477 e. The van der Waals surface area contributed by atoms with Gasteiger partial charge in [-0.15, -0.1) is 11.3 Å². The van der Waals surface area contributed by atoms with Gasteiger partial charge in [-0.1, -0.05) is 13.8 Å². The fourth-order valence-electron chi connectivity index (χ4n) is 1.72. The van der Waals surface area contributed by atoms with E-state index in [9.17, 15) is 9.59 Å². The van der Waals surface area contributed by atoms with E-state index in [1.807, 2.05) is 5.38 Å². The minimum atomic E-state index is -1.21. The van der Waals surface area contributed by atoms with Crippen LogP contribution in [0.15, 0.2) is 11.7 Å². The van der Waals surface area contributed by atoms with Crippen molar-refractivity contribution in [2.24, 2.45) is 0 Å².